The first-order chi connectivity index (χ1) is 10.0. The summed E-state index contributed by atoms with van der Waals surface area (Å²) in [4.78, 5) is 24.2. The molecule has 0 aliphatic heterocycles. The van der Waals surface area contributed by atoms with Crippen LogP contribution in [-0.4, -0.2) is 11.6 Å². The number of fused-ring (bicyclic) bond motifs is 5. The SMILES string of the molecule is C[C@H]1C[C@@H]2[C@H](CC[C@]3(C)C(=O)CC[C@@H]23)[C@H]2CCC(=O)C[C@H]21. The van der Waals surface area contributed by atoms with Crippen LogP contribution in [0, 0.1) is 40.9 Å². The summed E-state index contributed by atoms with van der Waals surface area (Å²) in [5.74, 6) is 5.36. The fourth-order valence-corrected chi connectivity index (χ4v) is 6.78. The van der Waals surface area contributed by atoms with Crippen LogP contribution in [0.15, 0.2) is 0 Å². The van der Waals surface area contributed by atoms with Gasteiger partial charge in [0.15, 0.2) is 0 Å². The molecule has 4 fully saturated rings. The van der Waals surface area contributed by atoms with Crippen LogP contribution in [0.25, 0.3) is 0 Å². The summed E-state index contributed by atoms with van der Waals surface area (Å²) in [6.45, 7) is 4.62. The molecule has 4 aliphatic rings. The van der Waals surface area contributed by atoms with Gasteiger partial charge >= 0.3 is 0 Å². The van der Waals surface area contributed by atoms with E-state index in [4.69, 9.17) is 0 Å². The fraction of sp³-hybridized carbons (Fsp3) is 0.895. The average Bonchev–Trinajstić information content (AvgIpc) is 2.76. The zero-order chi connectivity index (χ0) is 14.8. The Balaban J connectivity index is 1.63. The van der Waals surface area contributed by atoms with Crippen LogP contribution in [0.3, 0.4) is 0 Å². The quantitative estimate of drug-likeness (QED) is 0.674. The van der Waals surface area contributed by atoms with E-state index in [1.807, 2.05) is 0 Å². The van der Waals surface area contributed by atoms with Crippen LogP contribution in [0.4, 0.5) is 0 Å². The van der Waals surface area contributed by atoms with E-state index in [1.165, 1.54) is 12.8 Å². The van der Waals surface area contributed by atoms with Crippen molar-refractivity contribution in [1.82, 2.24) is 0 Å². The first-order valence-corrected chi connectivity index (χ1v) is 9.05. The van der Waals surface area contributed by atoms with Crippen LogP contribution in [0.1, 0.15) is 65.2 Å². The maximum atomic E-state index is 12.4. The summed E-state index contributed by atoms with van der Waals surface area (Å²) in [7, 11) is 0. The highest BCUT2D eigenvalue weighted by Gasteiger charge is 2.57. The third-order valence-corrected chi connectivity index (χ3v) is 7.90. The lowest BCUT2D eigenvalue weighted by Gasteiger charge is -2.55. The molecule has 0 bridgehead atoms. The van der Waals surface area contributed by atoms with Crippen molar-refractivity contribution < 1.29 is 9.59 Å². The summed E-state index contributed by atoms with van der Waals surface area (Å²) in [5.41, 5.74) is -0.00178. The molecule has 0 aromatic rings. The molecule has 0 radical (unpaired) electrons. The van der Waals surface area contributed by atoms with Gasteiger partial charge in [-0.2, -0.15) is 0 Å². The molecule has 7 atom stereocenters. The lowest BCUT2D eigenvalue weighted by molar-refractivity contribution is -0.137. The van der Waals surface area contributed by atoms with Crippen molar-refractivity contribution in [1.29, 1.82) is 0 Å². The minimum atomic E-state index is -0.00178. The van der Waals surface area contributed by atoms with E-state index in [0.717, 1.165) is 56.3 Å². The zero-order valence-corrected chi connectivity index (χ0v) is 13.4. The van der Waals surface area contributed by atoms with Gasteiger partial charge in [0.1, 0.15) is 11.6 Å². The van der Waals surface area contributed by atoms with Crippen LogP contribution in [-0.2, 0) is 9.59 Å². The number of hydrogen-bond acceptors (Lipinski definition) is 2. The predicted molar refractivity (Wildman–Crippen MR) is 81.7 cm³/mol. The molecule has 0 unspecified atom stereocenters. The van der Waals surface area contributed by atoms with Gasteiger partial charge in [0.25, 0.3) is 0 Å². The van der Waals surface area contributed by atoms with Crippen molar-refractivity contribution in [2.45, 2.75) is 65.2 Å². The molecular formula is C19H28O2. The van der Waals surface area contributed by atoms with Crippen LogP contribution < -0.4 is 0 Å². The summed E-state index contributed by atoms with van der Waals surface area (Å²) in [5, 5.41) is 0. The Morgan fingerprint density at radius 2 is 1.71 bits per heavy atom. The van der Waals surface area contributed by atoms with Gasteiger partial charge in [-0.15, -0.1) is 0 Å². The highest BCUT2D eigenvalue weighted by Crippen LogP contribution is 2.62. The van der Waals surface area contributed by atoms with Gasteiger partial charge in [0.2, 0.25) is 0 Å². The van der Waals surface area contributed by atoms with Crippen molar-refractivity contribution in [3.63, 3.8) is 0 Å². The molecule has 0 N–H and O–H groups in total. The maximum Gasteiger partial charge on any atom is 0.139 e. The van der Waals surface area contributed by atoms with Crippen molar-refractivity contribution in [3.05, 3.63) is 0 Å². The number of rotatable bonds is 0. The largest absolute Gasteiger partial charge is 0.300 e. The highest BCUT2D eigenvalue weighted by molar-refractivity contribution is 5.87. The van der Waals surface area contributed by atoms with E-state index in [-0.39, 0.29) is 5.41 Å². The molecule has 2 nitrogen and oxygen atoms in total. The van der Waals surface area contributed by atoms with Crippen molar-refractivity contribution in [3.8, 4) is 0 Å². The van der Waals surface area contributed by atoms with Gasteiger partial charge in [0, 0.05) is 24.7 Å². The molecule has 0 heterocycles. The van der Waals surface area contributed by atoms with Gasteiger partial charge in [0.05, 0.1) is 0 Å². The van der Waals surface area contributed by atoms with E-state index < -0.39 is 0 Å². The number of carbonyl (C=O) groups excluding carboxylic acids is 2. The monoisotopic (exact) mass is 288 g/mol. The average molecular weight is 288 g/mol. The molecule has 0 aromatic carbocycles. The Morgan fingerprint density at radius 1 is 0.952 bits per heavy atom. The number of carbonyl (C=O) groups is 2. The van der Waals surface area contributed by atoms with Crippen molar-refractivity contribution in [2.24, 2.45) is 40.9 Å². The van der Waals surface area contributed by atoms with Gasteiger partial charge in [-0.05, 0) is 67.6 Å². The van der Waals surface area contributed by atoms with Gasteiger partial charge in [-0.25, -0.2) is 0 Å². The highest BCUT2D eigenvalue weighted by atomic mass is 16.1. The molecular weight excluding hydrogens is 260 g/mol. The Hall–Kier alpha value is -0.660. The van der Waals surface area contributed by atoms with Crippen molar-refractivity contribution >= 4 is 11.6 Å². The second-order valence-corrected chi connectivity index (χ2v) is 8.67. The standard InChI is InChI=1S/C19H28O2/c1-11-9-16-14(13-4-3-12(20)10-15(11)13)7-8-19(2)17(16)5-6-18(19)21/h11,13-17H,3-10H2,1-2H3/t11-,13+,14+,15-,16+,17-,19-/m0/s1. The van der Waals surface area contributed by atoms with E-state index in [1.54, 1.807) is 0 Å². The summed E-state index contributed by atoms with van der Waals surface area (Å²) in [6, 6.07) is 0. The van der Waals surface area contributed by atoms with Gasteiger partial charge in [-0.3, -0.25) is 9.59 Å². The van der Waals surface area contributed by atoms with E-state index >= 15 is 0 Å². The lowest BCUT2D eigenvalue weighted by Crippen LogP contribution is -2.51. The Bertz CT molecular complexity index is 482. The molecule has 0 aromatic heterocycles. The molecule has 21 heavy (non-hydrogen) atoms. The molecule has 4 saturated carbocycles. The number of Topliss-reactive ketones (excluding diaryl/α,β-unsaturated/α-hetero) is 2. The number of ketones is 2. The van der Waals surface area contributed by atoms with Gasteiger partial charge in [-0.1, -0.05) is 13.8 Å². The predicted octanol–water partition coefficient (Wildman–Crippen LogP) is 4.02. The van der Waals surface area contributed by atoms with E-state index in [9.17, 15) is 9.59 Å². The minimum Gasteiger partial charge on any atom is -0.300 e. The first-order valence-electron chi connectivity index (χ1n) is 9.05. The van der Waals surface area contributed by atoms with Crippen LogP contribution >= 0.6 is 0 Å². The van der Waals surface area contributed by atoms with Crippen molar-refractivity contribution in [2.75, 3.05) is 0 Å². The summed E-state index contributed by atoms with van der Waals surface area (Å²) < 4.78 is 0. The topological polar surface area (TPSA) is 34.1 Å². The molecule has 116 valence electrons. The zero-order valence-electron chi connectivity index (χ0n) is 13.4. The fourth-order valence-electron chi connectivity index (χ4n) is 6.78. The minimum absolute atomic E-state index is 0.00178. The second-order valence-electron chi connectivity index (χ2n) is 8.67. The molecule has 4 rings (SSSR count). The smallest absolute Gasteiger partial charge is 0.139 e. The first kappa shape index (κ1) is 14.0. The molecule has 2 heteroatoms. The summed E-state index contributed by atoms with van der Waals surface area (Å²) >= 11 is 0. The molecule has 0 amide bonds. The third-order valence-electron chi connectivity index (χ3n) is 7.90. The normalized spacial score (nSPS) is 53.0. The second kappa shape index (κ2) is 4.67. The van der Waals surface area contributed by atoms with Gasteiger partial charge < -0.3 is 0 Å². The molecule has 4 aliphatic carbocycles. The maximum absolute atomic E-state index is 12.4. The Kier molecular flexibility index (Phi) is 3.10. The van der Waals surface area contributed by atoms with Crippen LogP contribution in [0.5, 0.6) is 0 Å². The molecule has 0 spiro atoms. The Morgan fingerprint density at radius 3 is 2.52 bits per heavy atom. The van der Waals surface area contributed by atoms with E-state index in [2.05, 4.69) is 13.8 Å². The summed E-state index contributed by atoms with van der Waals surface area (Å²) in [6.07, 6.45) is 8.38. The van der Waals surface area contributed by atoms with Crippen LogP contribution in [0.2, 0.25) is 0 Å². The number of hydrogen-bond donors (Lipinski definition) is 0. The molecule has 0 saturated heterocycles. The Labute approximate surface area is 128 Å². The third kappa shape index (κ3) is 1.90. The van der Waals surface area contributed by atoms with E-state index in [0.29, 0.717) is 29.3 Å². The lowest BCUT2D eigenvalue weighted by atomic mass is 9.48.